The largest absolute Gasteiger partial charge is 0.458 e. The number of halogens is 5. The quantitative estimate of drug-likeness (QED) is 0.112. The van der Waals surface area contributed by atoms with Crippen LogP contribution < -0.4 is 0 Å². The number of alkyl halides is 5. The van der Waals surface area contributed by atoms with E-state index in [4.69, 9.17) is 0 Å². The van der Waals surface area contributed by atoms with Gasteiger partial charge in [0.15, 0.2) is 0 Å². The van der Waals surface area contributed by atoms with Gasteiger partial charge < -0.3 is 0 Å². The van der Waals surface area contributed by atoms with E-state index >= 15 is 8.78 Å². The molecule has 0 spiro atoms. The van der Waals surface area contributed by atoms with Gasteiger partial charge in [-0.15, -0.1) is 0 Å². The summed E-state index contributed by atoms with van der Waals surface area (Å²) in [4.78, 5) is 0. The Morgan fingerprint density at radius 1 is 0.372 bits per heavy atom. The number of hydrogen-bond acceptors (Lipinski definition) is 0. The summed E-state index contributed by atoms with van der Waals surface area (Å²) in [6, 6.07) is 39.0. The van der Waals surface area contributed by atoms with Gasteiger partial charge in [0.1, 0.15) is 0 Å². The fourth-order valence-corrected chi connectivity index (χ4v) is 6.79. The molecule has 0 aliphatic rings. The maximum atomic E-state index is 15.2. The highest BCUT2D eigenvalue weighted by molar-refractivity contribution is 6.29. The van der Waals surface area contributed by atoms with Crippen molar-refractivity contribution in [2.75, 3.05) is 0 Å². The van der Waals surface area contributed by atoms with E-state index in [9.17, 15) is 13.2 Å². The molecule has 0 N–H and O–H groups in total. The van der Waals surface area contributed by atoms with E-state index in [-0.39, 0.29) is 10.8 Å². The van der Waals surface area contributed by atoms with Crippen LogP contribution in [0.25, 0.3) is 76.1 Å². The number of benzene rings is 8. The fraction of sp³-hybridized carbons (Fsp3) is 0.0526. The normalized spacial score (nSPS) is 12.8. The van der Waals surface area contributed by atoms with Crippen LogP contribution in [0.2, 0.25) is 0 Å². The molecule has 8 rings (SSSR count). The molecule has 0 radical (unpaired) electrons. The first kappa shape index (κ1) is 25.7. The van der Waals surface area contributed by atoms with Crippen LogP contribution >= 0.6 is 0 Å². The van der Waals surface area contributed by atoms with Crippen LogP contribution in [0, 0.1) is 0 Å². The van der Waals surface area contributed by atoms with Gasteiger partial charge in [-0.05, 0) is 76.1 Å². The Bertz CT molecular complexity index is 2290. The lowest BCUT2D eigenvalue weighted by Crippen LogP contribution is -2.34. The minimum Gasteiger partial charge on any atom is -0.191 e. The number of hydrogen-bond donors (Lipinski definition) is 0. The zero-order valence-electron chi connectivity index (χ0n) is 22.5. The maximum Gasteiger partial charge on any atom is 0.458 e. The molecule has 0 unspecified atom stereocenters. The Balaban J connectivity index is 1.52. The molecular weight excluding hydrogens is 551 g/mol. The lowest BCUT2D eigenvalue weighted by atomic mass is 9.83. The summed E-state index contributed by atoms with van der Waals surface area (Å²) in [6.07, 6.45) is -5.75. The zero-order chi connectivity index (χ0) is 29.5. The van der Waals surface area contributed by atoms with Crippen LogP contribution in [0.3, 0.4) is 0 Å². The van der Waals surface area contributed by atoms with Gasteiger partial charge in [0.05, 0.1) is 0 Å². The molecule has 0 amide bonds. The van der Waals surface area contributed by atoms with E-state index < -0.39 is 17.7 Å². The van der Waals surface area contributed by atoms with Crippen LogP contribution in [0.5, 0.6) is 0 Å². The molecule has 0 heterocycles. The summed E-state index contributed by atoms with van der Waals surface area (Å²) in [6.45, 7) is 0. The molecule has 0 saturated carbocycles. The van der Waals surface area contributed by atoms with Crippen molar-refractivity contribution in [3.05, 3.63) is 133 Å². The third-order valence-corrected chi connectivity index (χ3v) is 8.62. The maximum absolute atomic E-state index is 15.2. The van der Waals surface area contributed by atoms with Gasteiger partial charge >= 0.3 is 12.1 Å². The van der Waals surface area contributed by atoms with Crippen LogP contribution in [-0.4, -0.2) is 6.18 Å². The van der Waals surface area contributed by atoms with Crippen molar-refractivity contribution < 1.29 is 22.0 Å². The Labute approximate surface area is 242 Å². The Hall–Kier alpha value is -5.03. The van der Waals surface area contributed by atoms with Gasteiger partial charge in [0.2, 0.25) is 0 Å². The van der Waals surface area contributed by atoms with Gasteiger partial charge in [-0.3, -0.25) is 0 Å². The van der Waals surface area contributed by atoms with Crippen molar-refractivity contribution in [1.82, 2.24) is 0 Å². The molecule has 0 aliphatic heterocycles. The fourth-order valence-electron chi connectivity index (χ4n) is 6.79. The SMILES string of the molecule is FC(F)(F)C(F)(F)c1c2ccccc2c(-c2ccc3ccc4c(-c5ccccc5)ccc5ccc2c3c54)c2ccccc12. The molecule has 0 bridgehead atoms. The lowest BCUT2D eigenvalue weighted by Gasteiger charge is -2.25. The van der Waals surface area contributed by atoms with Gasteiger partial charge in [-0.1, -0.05) is 127 Å². The van der Waals surface area contributed by atoms with E-state index in [1.54, 1.807) is 24.3 Å². The van der Waals surface area contributed by atoms with Crippen LogP contribution in [0.15, 0.2) is 127 Å². The van der Waals surface area contributed by atoms with Crippen LogP contribution in [0.1, 0.15) is 5.56 Å². The van der Waals surface area contributed by atoms with Crippen molar-refractivity contribution in [2.24, 2.45) is 0 Å². The molecule has 208 valence electrons. The van der Waals surface area contributed by atoms with Crippen LogP contribution in [0.4, 0.5) is 22.0 Å². The summed E-state index contributed by atoms with van der Waals surface area (Å²) in [5, 5.41) is 6.68. The van der Waals surface area contributed by atoms with E-state index in [1.165, 1.54) is 24.3 Å². The summed E-state index contributed by atoms with van der Waals surface area (Å²) >= 11 is 0. The average Bonchev–Trinajstić information content (AvgIpc) is 3.02. The second-order valence-corrected chi connectivity index (χ2v) is 10.9. The highest BCUT2D eigenvalue weighted by atomic mass is 19.4. The van der Waals surface area contributed by atoms with Gasteiger partial charge in [-0.2, -0.15) is 22.0 Å². The molecule has 0 atom stereocenters. The van der Waals surface area contributed by atoms with E-state index in [2.05, 4.69) is 42.5 Å². The third-order valence-electron chi connectivity index (χ3n) is 8.62. The first-order valence-corrected chi connectivity index (χ1v) is 13.9. The molecule has 5 heteroatoms. The highest BCUT2D eigenvalue weighted by Gasteiger charge is 2.60. The van der Waals surface area contributed by atoms with E-state index in [1.807, 2.05) is 36.4 Å². The second kappa shape index (κ2) is 8.98. The molecule has 8 aromatic carbocycles. The molecule has 43 heavy (non-hydrogen) atoms. The Morgan fingerprint density at radius 3 is 1.35 bits per heavy atom. The van der Waals surface area contributed by atoms with Crippen molar-refractivity contribution in [3.8, 4) is 22.3 Å². The molecule has 8 aromatic rings. The molecule has 0 fully saturated rings. The van der Waals surface area contributed by atoms with Crippen molar-refractivity contribution >= 4 is 53.9 Å². The molecule has 0 saturated heterocycles. The molecule has 0 nitrogen and oxygen atoms in total. The molecule has 0 aliphatic carbocycles. The topological polar surface area (TPSA) is 0 Å². The van der Waals surface area contributed by atoms with Crippen molar-refractivity contribution in [3.63, 3.8) is 0 Å². The smallest absolute Gasteiger partial charge is 0.191 e. The highest BCUT2D eigenvalue weighted by Crippen LogP contribution is 2.52. The molecular formula is C38H21F5. The van der Waals surface area contributed by atoms with Crippen LogP contribution in [-0.2, 0) is 5.92 Å². The second-order valence-electron chi connectivity index (χ2n) is 10.9. The summed E-state index contributed by atoms with van der Waals surface area (Å²) in [5.41, 5.74) is 2.59. The minimum atomic E-state index is -5.75. The van der Waals surface area contributed by atoms with Gasteiger partial charge in [0, 0.05) is 5.56 Å². The average molecular weight is 573 g/mol. The standard InChI is InChI=1S/C38H21F5/c39-37(40,38(41,42)43)36-31-12-6-4-10-26(31)35(27-11-5-7-13-32(27)36)30-21-17-24-15-19-28-25(22-8-2-1-3-9-22)18-14-23-16-20-29(30)34(24)33(23)28/h1-21H. The first-order valence-electron chi connectivity index (χ1n) is 13.9. The van der Waals surface area contributed by atoms with Gasteiger partial charge in [-0.25, -0.2) is 0 Å². The monoisotopic (exact) mass is 572 g/mol. The number of rotatable bonds is 3. The third kappa shape index (κ3) is 3.61. The van der Waals surface area contributed by atoms with Gasteiger partial charge in [0.25, 0.3) is 0 Å². The van der Waals surface area contributed by atoms with Crippen molar-refractivity contribution in [2.45, 2.75) is 12.1 Å². The summed E-state index contributed by atoms with van der Waals surface area (Å²) < 4.78 is 72.0. The first-order chi connectivity index (χ1) is 20.8. The summed E-state index contributed by atoms with van der Waals surface area (Å²) in [5.74, 6) is -5.04. The van der Waals surface area contributed by atoms with E-state index in [0.29, 0.717) is 16.3 Å². The van der Waals surface area contributed by atoms with E-state index in [0.717, 1.165) is 49.0 Å². The minimum absolute atomic E-state index is 0.115. The Kier molecular flexibility index (Phi) is 5.36. The predicted octanol–water partition coefficient (Wildman–Crippen LogP) is 11.9. The lowest BCUT2D eigenvalue weighted by molar-refractivity contribution is -0.288. The summed E-state index contributed by atoms with van der Waals surface area (Å²) in [7, 11) is 0. The van der Waals surface area contributed by atoms with Crippen molar-refractivity contribution in [1.29, 1.82) is 0 Å². The Morgan fingerprint density at radius 2 is 0.814 bits per heavy atom. The molecule has 0 aromatic heterocycles. The predicted molar refractivity (Wildman–Crippen MR) is 166 cm³/mol. The number of fused-ring (bicyclic) bond motifs is 2. The zero-order valence-corrected chi connectivity index (χ0v) is 22.5.